The number of hydrogen-bond donors (Lipinski definition) is 0. The molecule has 41 heavy (non-hydrogen) atoms. The van der Waals surface area contributed by atoms with Crippen molar-refractivity contribution in [2.45, 2.75) is 0 Å². The van der Waals surface area contributed by atoms with Crippen LogP contribution in [0.4, 0.5) is 17.1 Å². The summed E-state index contributed by atoms with van der Waals surface area (Å²) in [6.07, 6.45) is 8.59. The Morgan fingerprint density at radius 2 is 0.878 bits per heavy atom. The number of hydrogen-bond acceptors (Lipinski definition) is 1. The lowest BCUT2D eigenvalue weighted by Gasteiger charge is -2.25. The fourth-order valence-corrected chi connectivity index (χ4v) is 5.22. The molecule has 0 N–H and O–H groups in total. The topological polar surface area (TPSA) is 11.0 Å². The molecule has 0 aliphatic carbocycles. The molecule has 2 heterocycles. The molecule has 0 saturated carbocycles. The molecule has 6 aromatic rings. The predicted molar refractivity (Wildman–Crippen MR) is 170 cm³/mol. The highest BCUT2D eigenvalue weighted by atomic mass is 15.1. The Labute approximate surface area is 242 Å². The Kier molecular flexibility index (Phi) is 7.51. The number of aromatic nitrogens is 2. The number of pyridine rings is 2. The van der Waals surface area contributed by atoms with Gasteiger partial charge in [0.05, 0.1) is 0 Å². The molecule has 0 spiro atoms. The van der Waals surface area contributed by atoms with Crippen LogP contribution in [0.15, 0.2) is 152 Å². The van der Waals surface area contributed by atoms with E-state index in [-0.39, 0.29) is 0 Å². The summed E-state index contributed by atoms with van der Waals surface area (Å²) in [5.41, 5.74) is 10.4. The van der Waals surface area contributed by atoms with Crippen LogP contribution in [0.25, 0.3) is 34.7 Å². The Morgan fingerprint density at radius 3 is 1.37 bits per heavy atom. The van der Waals surface area contributed by atoms with Crippen molar-refractivity contribution >= 4 is 29.2 Å². The first-order valence-corrected chi connectivity index (χ1v) is 13.9. The van der Waals surface area contributed by atoms with Gasteiger partial charge >= 0.3 is 0 Å². The summed E-state index contributed by atoms with van der Waals surface area (Å²) < 4.78 is 4.34. The van der Waals surface area contributed by atoms with E-state index in [1.807, 2.05) is 0 Å². The minimum Gasteiger partial charge on any atom is -0.311 e. The van der Waals surface area contributed by atoms with Crippen molar-refractivity contribution in [1.29, 1.82) is 0 Å². The van der Waals surface area contributed by atoms with Crippen molar-refractivity contribution in [3.05, 3.63) is 163 Å². The van der Waals surface area contributed by atoms with Crippen LogP contribution in [0, 0.1) is 0 Å². The fraction of sp³-hybridized carbons (Fsp3) is 0.0526. The van der Waals surface area contributed by atoms with Gasteiger partial charge in [-0.25, -0.2) is 9.13 Å². The molecule has 0 fully saturated rings. The van der Waals surface area contributed by atoms with Gasteiger partial charge in [0.2, 0.25) is 11.4 Å². The summed E-state index contributed by atoms with van der Waals surface area (Å²) in [4.78, 5) is 2.28. The quantitative estimate of drug-likeness (QED) is 0.149. The molecule has 3 heteroatoms. The van der Waals surface area contributed by atoms with Crippen molar-refractivity contribution in [2.75, 3.05) is 4.90 Å². The van der Waals surface area contributed by atoms with Crippen LogP contribution in [0.5, 0.6) is 0 Å². The zero-order valence-corrected chi connectivity index (χ0v) is 23.4. The third-order valence-electron chi connectivity index (χ3n) is 7.30. The second-order valence-electron chi connectivity index (χ2n) is 10.2. The Bertz CT molecular complexity index is 1690. The summed E-state index contributed by atoms with van der Waals surface area (Å²) in [5, 5.41) is 0. The molecule has 3 nitrogen and oxygen atoms in total. The van der Waals surface area contributed by atoms with Gasteiger partial charge in [-0.2, -0.15) is 0 Å². The van der Waals surface area contributed by atoms with Crippen LogP contribution in [0.1, 0.15) is 11.1 Å². The van der Waals surface area contributed by atoms with Gasteiger partial charge in [0.1, 0.15) is 14.1 Å². The first-order chi connectivity index (χ1) is 20.2. The number of anilines is 3. The molecule has 6 rings (SSSR count). The molecule has 2 aromatic heterocycles. The zero-order chi connectivity index (χ0) is 28.0. The average molecular weight is 532 g/mol. The van der Waals surface area contributed by atoms with Crippen LogP contribution in [-0.2, 0) is 14.1 Å². The van der Waals surface area contributed by atoms with Gasteiger partial charge in [0, 0.05) is 52.5 Å². The molecule has 0 saturated heterocycles. The summed E-state index contributed by atoms with van der Waals surface area (Å²) in [7, 11) is 4.19. The van der Waals surface area contributed by atoms with Gasteiger partial charge in [0.25, 0.3) is 0 Å². The predicted octanol–water partition coefficient (Wildman–Crippen LogP) is 8.31. The van der Waals surface area contributed by atoms with E-state index >= 15 is 0 Å². The van der Waals surface area contributed by atoms with Crippen molar-refractivity contribution in [3.63, 3.8) is 0 Å². The van der Waals surface area contributed by atoms with Crippen molar-refractivity contribution in [3.8, 4) is 22.5 Å². The fourth-order valence-electron chi connectivity index (χ4n) is 5.22. The van der Waals surface area contributed by atoms with Crippen LogP contribution < -0.4 is 14.0 Å². The molecular formula is C38H33N3+2. The SMILES string of the molecule is C[n+]1ccccc1-c1cc(/C=C/c2ccc(N(c3ccccc3)c3ccccc3)cc2)cc(-c2cccc[n+]2C)c1. The van der Waals surface area contributed by atoms with E-state index in [2.05, 4.69) is 192 Å². The van der Waals surface area contributed by atoms with Crippen LogP contribution >= 0.6 is 0 Å². The monoisotopic (exact) mass is 531 g/mol. The first-order valence-electron chi connectivity index (χ1n) is 13.9. The molecule has 0 bridgehead atoms. The highest BCUT2D eigenvalue weighted by Crippen LogP contribution is 2.34. The largest absolute Gasteiger partial charge is 0.311 e. The number of aryl methyl sites for hydroxylation is 2. The highest BCUT2D eigenvalue weighted by Gasteiger charge is 2.15. The molecule has 0 aliphatic rings. The van der Waals surface area contributed by atoms with Crippen LogP contribution in [-0.4, -0.2) is 0 Å². The third kappa shape index (κ3) is 5.85. The van der Waals surface area contributed by atoms with Crippen molar-refractivity contribution in [1.82, 2.24) is 0 Å². The number of rotatable bonds is 7. The van der Waals surface area contributed by atoms with E-state index < -0.39 is 0 Å². The summed E-state index contributed by atoms with van der Waals surface area (Å²) in [5.74, 6) is 0. The van der Waals surface area contributed by atoms with E-state index in [0.29, 0.717) is 0 Å². The van der Waals surface area contributed by atoms with E-state index in [1.165, 1.54) is 22.5 Å². The van der Waals surface area contributed by atoms with Gasteiger partial charge in [-0.1, -0.05) is 60.7 Å². The normalized spacial score (nSPS) is 11.1. The Hall–Kier alpha value is -5.28. The number of nitrogens with zero attached hydrogens (tertiary/aromatic N) is 3. The van der Waals surface area contributed by atoms with Gasteiger partial charge < -0.3 is 4.90 Å². The summed E-state index contributed by atoms with van der Waals surface area (Å²) in [6.45, 7) is 0. The lowest BCUT2D eigenvalue weighted by molar-refractivity contribution is -0.660. The Balaban J connectivity index is 1.35. The van der Waals surface area contributed by atoms with Crippen LogP contribution in [0.3, 0.4) is 0 Å². The lowest BCUT2D eigenvalue weighted by atomic mass is 9.99. The highest BCUT2D eigenvalue weighted by molar-refractivity contribution is 5.80. The molecule has 0 aliphatic heterocycles. The zero-order valence-electron chi connectivity index (χ0n) is 23.4. The molecule has 198 valence electrons. The minimum absolute atomic E-state index is 1.12. The van der Waals surface area contributed by atoms with Crippen molar-refractivity contribution in [2.24, 2.45) is 14.1 Å². The lowest BCUT2D eigenvalue weighted by Crippen LogP contribution is -2.30. The smallest absolute Gasteiger partial charge is 0.212 e. The van der Waals surface area contributed by atoms with Crippen molar-refractivity contribution < 1.29 is 9.13 Å². The maximum Gasteiger partial charge on any atom is 0.212 e. The molecule has 0 atom stereocenters. The molecule has 4 aromatic carbocycles. The number of benzene rings is 4. The van der Waals surface area contributed by atoms with E-state index in [1.54, 1.807) is 0 Å². The first kappa shape index (κ1) is 26.0. The maximum atomic E-state index is 2.28. The summed E-state index contributed by atoms with van der Waals surface area (Å²) in [6, 6.07) is 49.2. The average Bonchev–Trinajstić information content (AvgIpc) is 3.02. The maximum absolute atomic E-state index is 2.28. The van der Waals surface area contributed by atoms with Gasteiger partial charge in [-0.05, 0) is 77.9 Å². The molecular weight excluding hydrogens is 498 g/mol. The minimum atomic E-state index is 1.12. The van der Waals surface area contributed by atoms with Gasteiger partial charge in [-0.3, -0.25) is 0 Å². The van der Waals surface area contributed by atoms with Crippen LogP contribution in [0.2, 0.25) is 0 Å². The number of para-hydroxylation sites is 2. The van der Waals surface area contributed by atoms with Gasteiger partial charge in [-0.15, -0.1) is 0 Å². The molecule has 0 amide bonds. The van der Waals surface area contributed by atoms with E-state index in [0.717, 1.165) is 28.2 Å². The third-order valence-corrected chi connectivity index (χ3v) is 7.30. The van der Waals surface area contributed by atoms with E-state index in [9.17, 15) is 0 Å². The summed E-state index contributed by atoms with van der Waals surface area (Å²) >= 11 is 0. The second kappa shape index (κ2) is 11.8. The molecule has 0 radical (unpaired) electrons. The van der Waals surface area contributed by atoms with E-state index in [4.69, 9.17) is 0 Å². The standard InChI is InChI=1S/C38H33N3/c1-39-25-11-9-17-37(39)32-27-31(28-33(29-32)38-18-10-12-26-40(38)2)20-19-30-21-23-36(24-22-30)41(34-13-5-3-6-14-34)35-15-7-4-8-16-35/h3-29H,1-2H3/q+2/b20-19+. The van der Waals surface area contributed by atoms with Gasteiger partial charge in [0.15, 0.2) is 12.4 Å². The molecule has 0 unspecified atom stereocenters. The Morgan fingerprint density at radius 1 is 0.439 bits per heavy atom. The second-order valence-corrected chi connectivity index (χ2v) is 10.2.